The maximum absolute atomic E-state index is 3.77. The van der Waals surface area contributed by atoms with Gasteiger partial charge in [0.05, 0.1) is 6.04 Å². The van der Waals surface area contributed by atoms with E-state index in [1.807, 2.05) is 11.8 Å². The Morgan fingerprint density at radius 2 is 1.57 bits per heavy atom. The van der Waals surface area contributed by atoms with E-state index in [0.29, 0.717) is 0 Å². The fraction of sp³-hybridized carbons (Fsp3) is 0.429. The van der Waals surface area contributed by atoms with Crippen LogP contribution < -0.4 is 5.32 Å². The molecule has 0 aliphatic carbocycles. The average molecular weight is 328 g/mol. The highest BCUT2D eigenvalue weighted by atomic mass is 32.2. The van der Waals surface area contributed by atoms with Gasteiger partial charge in [0.25, 0.3) is 0 Å². The molecular formula is C21H29NS. The van der Waals surface area contributed by atoms with Crippen LogP contribution in [0, 0.1) is 0 Å². The summed E-state index contributed by atoms with van der Waals surface area (Å²) in [5.41, 5.74) is 2.77. The SMILES string of the molecule is CCCCNC(c1ccccc1)c1ccccc1SCCCC. The molecule has 0 fully saturated rings. The Hall–Kier alpha value is -1.25. The van der Waals surface area contributed by atoms with Gasteiger partial charge < -0.3 is 5.32 Å². The van der Waals surface area contributed by atoms with Crippen molar-refractivity contribution in [3.63, 3.8) is 0 Å². The highest BCUT2D eigenvalue weighted by Crippen LogP contribution is 2.31. The van der Waals surface area contributed by atoms with Crippen LogP contribution in [0.5, 0.6) is 0 Å². The Labute approximate surface area is 145 Å². The second-order valence-corrected chi connectivity index (χ2v) is 7.03. The zero-order valence-electron chi connectivity index (χ0n) is 14.4. The molecule has 1 unspecified atom stereocenters. The normalized spacial score (nSPS) is 12.3. The first kappa shape index (κ1) is 18.1. The molecule has 23 heavy (non-hydrogen) atoms. The van der Waals surface area contributed by atoms with Crippen molar-refractivity contribution in [1.82, 2.24) is 5.32 Å². The summed E-state index contributed by atoms with van der Waals surface area (Å²) in [7, 11) is 0. The van der Waals surface area contributed by atoms with Crippen LogP contribution >= 0.6 is 11.8 Å². The van der Waals surface area contributed by atoms with Gasteiger partial charge in [-0.05, 0) is 42.3 Å². The maximum atomic E-state index is 3.77. The molecule has 1 N–H and O–H groups in total. The molecule has 1 nitrogen and oxygen atoms in total. The quantitative estimate of drug-likeness (QED) is 0.420. The lowest BCUT2D eigenvalue weighted by Crippen LogP contribution is -2.24. The van der Waals surface area contributed by atoms with Crippen LogP contribution in [-0.2, 0) is 0 Å². The van der Waals surface area contributed by atoms with Gasteiger partial charge in [-0.15, -0.1) is 11.8 Å². The Morgan fingerprint density at radius 3 is 2.30 bits per heavy atom. The Kier molecular flexibility index (Phi) is 8.27. The lowest BCUT2D eigenvalue weighted by Gasteiger charge is -2.22. The molecule has 2 aromatic carbocycles. The minimum atomic E-state index is 0.285. The molecule has 0 aromatic heterocycles. The summed E-state index contributed by atoms with van der Waals surface area (Å²) in [5, 5.41) is 3.77. The monoisotopic (exact) mass is 327 g/mol. The van der Waals surface area contributed by atoms with E-state index >= 15 is 0 Å². The average Bonchev–Trinajstić information content (AvgIpc) is 2.61. The fourth-order valence-corrected chi connectivity index (χ4v) is 3.83. The maximum Gasteiger partial charge on any atom is 0.0587 e. The topological polar surface area (TPSA) is 12.0 Å². The third kappa shape index (κ3) is 5.71. The lowest BCUT2D eigenvalue weighted by molar-refractivity contribution is 0.573. The lowest BCUT2D eigenvalue weighted by atomic mass is 9.98. The zero-order chi connectivity index (χ0) is 16.3. The number of unbranched alkanes of at least 4 members (excludes halogenated alkanes) is 2. The molecule has 0 saturated heterocycles. The van der Waals surface area contributed by atoms with Crippen molar-refractivity contribution >= 4 is 11.8 Å². The van der Waals surface area contributed by atoms with Gasteiger partial charge in [0.15, 0.2) is 0 Å². The summed E-state index contributed by atoms with van der Waals surface area (Å²) in [6.07, 6.45) is 4.97. The molecule has 0 heterocycles. The molecule has 2 heteroatoms. The first-order chi connectivity index (χ1) is 11.4. The number of thioether (sulfide) groups is 1. The van der Waals surface area contributed by atoms with Crippen molar-refractivity contribution in [3.05, 3.63) is 65.7 Å². The molecular weight excluding hydrogens is 298 g/mol. The van der Waals surface area contributed by atoms with Crippen LogP contribution in [0.25, 0.3) is 0 Å². The van der Waals surface area contributed by atoms with Gasteiger partial charge in [0.1, 0.15) is 0 Å². The summed E-state index contributed by atoms with van der Waals surface area (Å²) in [5.74, 6) is 1.20. The van der Waals surface area contributed by atoms with Crippen molar-refractivity contribution in [2.75, 3.05) is 12.3 Å². The molecule has 0 amide bonds. The van der Waals surface area contributed by atoms with Crippen molar-refractivity contribution in [3.8, 4) is 0 Å². The molecule has 0 aliphatic heterocycles. The van der Waals surface area contributed by atoms with E-state index < -0.39 is 0 Å². The Bertz CT molecular complexity index is 553. The molecule has 2 rings (SSSR count). The van der Waals surface area contributed by atoms with Gasteiger partial charge >= 0.3 is 0 Å². The summed E-state index contributed by atoms with van der Waals surface area (Å²) >= 11 is 1.99. The summed E-state index contributed by atoms with van der Waals surface area (Å²) in [6, 6.07) is 20.0. The number of rotatable bonds is 10. The van der Waals surface area contributed by atoms with Gasteiger partial charge in [-0.3, -0.25) is 0 Å². The Morgan fingerprint density at radius 1 is 0.870 bits per heavy atom. The third-order valence-electron chi connectivity index (χ3n) is 4.00. The number of nitrogens with one attached hydrogen (secondary N) is 1. The van der Waals surface area contributed by atoms with E-state index in [2.05, 4.69) is 73.8 Å². The highest BCUT2D eigenvalue weighted by molar-refractivity contribution is 7.99. The Balaban J connectivity index is 2.24. The van der Waals surface area contributed by atoms with E-state index in [4.69, 9.17) is 0 Å². The van der Waals surface area contributed by atoms with Gasteiger partial charge in [-0.1, -0.05) is 75.2 Å². The predicted molar refractivity (Wildman–Crippen MR) is 103 cm³/mol. The standard InChI is InChI=1S/C21H29NS/c1-3-5-16-22-21(18-12-8-7-9-13-18)19-14-10-11-15-20(19)23-17-6-4-2/h7-15,21-22H,3-6,16-17H2,1-2H3. The van der Waals surface area contributed by atoms with Crippen LogP contribution in [0.2, 0.25) is 0 Å². The largest absolute Gasteiger partial charge is 0.306 e. The number of hydrogen-bond acceptors (Lipinski definition) is 2. The molecule has 1 atom stereocenters. The van der Waals surface area contributed by atoms with E-state index in [9.17, 15) is 0 Å². The second kappa shape index (κ2) is 10.5. The first-order valence-corrected chi connectivity index (χ1v) is 9.85. The van der Waals surface area contributed by atoms with Crippen LogP contribution in [0.3, 0.4) is 0 Å². The third-order valence-corrected chi connectivity index (χ3v) is 5.17. The first-order valence-electron chi connectivity index (χ1n) is 8.86. The fourth-order valence-electron chi connectivity index (χ4n) is 2.65. The van der Waals surface area contributed by atoms with Gasteiger partial charge in [0.2, 0.25) is 0 Å². The van der Waals surface area contributed by atoms with E-state index in [0.717, 1.165) is 6.54 Å². The summed E-state index contributed by atoms with van der Waals surface area (Å²) in [6.45, 7) is 5.56. The predicted octanol–water partition coefficient (Wildman–Crippen LogP) is 6.06. The molecule has 2 aromatic rings. The van der Waals surface area contributed by atoms with E-state index in [-0.39, 0.29) is 6.04 Å². The van der Waals surface area contributed by atoms with Crippen molar-refractivity contribution in [1.29, 1.82) is 0 Å². The molecule has 0 spiro atoms. The van der Waals surface area contributed by atoms with Crippen molar-refractivity contribution in [2.24, 2.45) is 0 Å². The van der Waals surface area contributed by atoms with Gasteiger partial charge in [-0.25, -0.2) is 0 Å². The molecule has 124 valence electrons. The smallest absolute Gasteiger partial charge is 0.0587 e. The minimum absolute atomic E-state index is 0.285. The summed E-state index contributed by atoms with van der Waals surface area (Å²) < 4.78 is 0. The van der Waals surface area contributed by atoms with Crippen LogP contribution in [0.1, 0.15) is 56.7 Å². The van der Waals surface area contributed by atoms with E-state index in [1.165, 1.54) is 47.5 Å². The second-order valence-electron chi connectivity index (χ2n) is 5.89. The van der Waals surface area contributed by atoms with Crippen LogP contribution in [0.15, 0.2) is 59.5 Å². The van der Waals surface area contributed by atoms with Gasteiger partial charge in [0, 0.05) is 4.90 Å². The highest BCUT2D eigenvalue weighted by Gasteiger charge is 2.16. The van der Waals surface area contributed by atoms with Gasteiger partial charge in [-0.2, -0.15) is 0 Å². The number of benzene rings is 2. The van der Waals surface area contributed by atoms with Crippen molar-refractivity contribution in [2.45, 2.75) is 50.5 Å². The minimum Gasteiger partial charge on any atom is -0.306 e. The van der Waals surface area contributed by atoms with Crippen LogP contribution in [-0.4, -0.2) is 12.3 Å². The molecule has 0 aliphatic rings. The molecule has 0 radical (unpaired) electrons. The summed E-state index contributed by atoms with van der Waals surface area (Å²) in [4.78, 5) is 1.42. The van der Waals surface area contributed by atoms with E-state index in [1.54, 1.807) is 0 Å². The van der Waals surface area contributed by atoms with Crippen LogP contribution in [0.4, 0.5) is 0 Å². The molecule has 0 saturated carbocycles. The number of hydrogen-bond donors (Lipinski definition) is 1. The zero-order valence-corrected chi connectivity index (χ0v) is 15.2. The molecule has 0 bridgehead atoms. The van der Waals surface area contributed by atoms with Crippen molar-refractivity contribution < 1.29 is 0 Å².